The minimum atomic E-state index is -3.65. The first-order valence-electron chi connectivity index (χ1n) is 9.14. The molecule has 0 saturated heterocycles. The number of hydrazine groups is 1. The molecule has 0 bridgehead atoms. The molecule has 0 fully saturated rings. The summed E-state index contributed by atoms with van der Waals surface area (Å²) in [5.74, 6) is -0.772. The van der Waals surface area contributed by atoms with E-state index >= 15 is 0 Å². The summed E-state index contributed by atoms with van der Waals surface area (Å²) in [7, 11) is -0.810. The van der Waals surface area contributed by atoms with Crippen LogP contribution < -0.4 is 10.9 Å². The monoisotopic (exact) mass is 433 g/mol. The largest absolute Gasteiger partial charge is 0.272 e. The number of hydrogen-bond donors (Lipinski definition) is 2. The topological polar surface area (TPSA) is 95.6 Å². The minimum Gasteiger partial charge on any atom is -0.272 e. The Morgan fingerprint density at radius 1 is 1.03 bits per heavy atom. The van der Waals surface area contributed by atoms with Gasteiger partial charge in [0.1, 0.15) is 0 Å². The number of carbonyl (C=O) groups is 2. The second-order valence-corrected chi connectivity index (χ2v) is 10.1. The Balaban J connectivity index is 1.53. The number of rotatable bonds is 6. The van der Waals surface area contributed by atoms with Gasteiger partial charge in [-0.15, -0.1) is 11.8 Å². The first-order chi connectivity index (χ1) is 13.8. The summed E-state index contributed by atoms with van der Waals surface area (Å²) in [5.41, 5.74) is 7.55. The standard InChI is InChI=1S/C20H23N3O4S2/c1-23(2)29(26,27)18-8-4-7-16(12-18)20(25)22-21-19(24)13-28-17-10-9-14-5-3-6-15(14)11-17/h4,7-12H,3,5-6,13H2,1-2H3,(H,21,24)(H,22,25). The number of nitrogens with one attached hydrogen (secondary N) is 2. The number of benzene rings is 2. The van der Waals surface area contributed by atoms with Crippen LogP contribution in [0.5, 0.6) is 0 Å². The van der Waals surface area contributed by atoms with Crippen molar-refractivity contribution in [1.29, 1.82) is 0 Å². The number of thioether (sulfide) groups is 1. The highest BCUT2D eigenvalue weighted by Gasteiger charge is 2.19. The lowest BCUT2D eigenvalue weighted by Crippen LogP contribution is -2.42. The van der Waals surface area contributed by atoms with Crippen LogP contribution in [0.1, 0.15) is 27.9 Å². The van der Waals surface area contributed by atoms with E-state index in [4.69, 9.17) is 0 Å². The van der Waals surface area contributed by atoms with Crippen LogP contribution in [0, 0.1) is 0 Å². The molecule has 3 rings (SSSR count). The van der Waals surface area contributed by atoms with Crippen LogP contribution in [-0.2, 0) is 27.7 Å². The Labute approximate surface area is 174 Å². The predicted molar refractivity (Wildman–Crippen MR) is 112 cm³/mol. The maximum Gasteiger partial charge on any atom is 0.269 e. The van der Waals surface area contributed by atoms with E-state index in [1.807, 2.05) is 6.07 Å². The fourth-order valence-electron chi connectivity index (χ4n) is 3.03. The Morgan fingerprint density at radius 3 is 2.55 bits per heavy atom. The highest BCUT2D eigenvalue weighted by atomic mass is 32.2. The average molecular weight is 434 g/mol. The molecule has 154 valence electrons. The van der Waals surface area contributed by atoms with E-state index in [0.29, 0.717) is 0 Å². The molecule has 1 aliphatic rings. The summed E-state index contributed by atoms with van der Waals surface area (Å²) < 4.78 is 25.4. The van der Waals surface area contributed by atoms with Crippen molar-refractivity contribution in [3.63, 3.8) is 0 Å². The maximum atomic E-state index is 12.3. The van der Waals surface area contributed by atoms with Crippen LogP contribution in [0.3, 0.4) is 0 Å². The van der Waals surface area contributed by atoms with Gasteiger partial charge in [-0.05, 0) is 60.7 Å². The van der Waals surface area contributed by atoms with Crippen molar-refractivity contribution >= 4 is 33.6 Å². The van der Waals surface area contributed by atoms with Crippen LogP contribution in [0.15, 0.2) is 52.3 Å². The molecule has 2 aromatic rings. The van der Waals surface area contributed by atoms with E-state index in [1.165, 1.54) is 67.7 Å². The van der Waals surface area contributed by atoms with Crippen LogP contribution in [0.2, 0.25) is 0 Å². The van der Waals surface area contributed by atoms with Crippen molar-refractivity contribution in [2.45, 2.75) is 29.1 Å². The molecule has 9 heteroatoms. The SMILES string of the molecule is CN(C)S(=O)(=O)c1cccc(C(=O)NNC(=O)CSc2ccc3c(c2)CCC3)c1. The zero-order chi connectivity index (χ0) is 21.0. The second-order valence-electron chi connectivity index (χ2n) is 6.89. The number of nitrogens with zero attached hydrogens (tertiary/aromatic N) is 1. The molecule has 0 aromatic heterocycles. The summed E-state index contributed by atoms with van der Waals surface area (Å²) in [6.45, 7) is 0. The van der Waals surface area contributed by atoms with E-state index in [9.17, 15) is 18.0 Å². The predicted octanol–water partition coefficient (Wildman–Crippen LogP) is 1.98. The van der Waals surface area contributed by atoms with Gasteiger partial charge in [-0.1, -0.05) is 12.1 Å². The highest BCUT2D eigenvalue weighted by Crippen LogP contribution is 2.27. The maximum absolute atomic E-state index is 12.3. The van der Waals surface area contributed by atoms with Crippen molar-refractivity contribution in [2.24, 2.45) is 0 Å². The number of amides is 2. The lowest BCUT2D eigenvalue weighted by Gasteiger charge is -2.12. The summed E-state index contributed by atoms with van der Waals surface area (Å²) in [6, 6.07) is 11.9. The van der Waals surface area contributed by atoms with Crippen molar-refractivity contribution in [2.75, 3.05) is 19.8 Å². The number of aryl methyl sites for hydroxylation is 2. The smallest absolute Gasteiger partial charge is 0.269 e. The zero-order valence-corrected chi connectivity index (χ0v) is 17.9. The van der Waals surface area contributed by atoms with E-state index in [0.717, 1.165) is 22.0 Å². The summed E-state index contributed by atoms with van der Waals surface area (Å²) in [6.07, 6.45) is 3.37. The number of carbonyl (C=O) groups excluding carboxylic acids is 2. The number of fused-ring (bicyclic) bond motifs is 1. The molecule has 1 aliphatic carbocycles. The van der Waals surface area contributed by atoms with E-state index in [-0.39, 0.29) is 22.1 Å². The van der Waals surface area contributed by atoms with Crippen LogP contribution in [0.25, 0.3) is 0 Å². The minimum absolute atomic E-state index is 0.00800. The van der Waals surface area contributed by atoms with Crippen molar-refractivity contribution in [3.05, 3.63) is 59.2 Å². The molecule has 29 heavy (non-hydrogen) atoms. The Hall–Kier alpha value is -2.36. The third-order valence-corrected chi connectivity index (χ3v) is 7.44. The third-order valence-electron chi connectivity index (χ3n) is 4.63. The second kappa shape index (κ2) is 8.98. The van der Waals surface area contributed by atoms with Gasteiger partial charge in [-0.2, -0.15) is 0 Å². The average Bonchev–Trinajstić information content (AvgIpc) is 3.18. The van der Waals surface area contributed by atoms with E-state index < -0.39 is 15.9 Å². The first kappa shape index (κ1) is 21.4. The van der Waals surface area contributed by atoms with Gasteiger partial charge in [-0.25, -0.2) is 12.7 Å². The molecule has 2 amide bonds. The van der Waals surface area contributed by atoms with Gasteiger partial charge >= 0.3 is 0 Å². The lowest BCUT2D eigenvalue weighted by molar-refractivity contribution is -0.119. The molecule has 0 radical (unpaired) electrons. The Bertz CT molecular complexity index is 1040. The molecule has 2 aromatic carbocycles. The zero-order valence-electron chi connectivity index (χ0n) is 16.3. The van der Waals surface area contributed by atoms with Crippen LogP contribution in [0.4, 0.5) is 0 Å². The normalized spacial score (nSPS) is 13.2. The molecular formula is C20H23N3O4S2. The molecular weight excluding hydrogens is 410 g/mol. The highest BCUT2D eigenvalue weighted by molar-refractivity contribution is 8.00. The molecule has 2 N–H and O–H groups in total. The quantitative estimate of drug-likeness (QED) is 0.537. The Morgan fingerprint density at radius 2 is 1.79 bits per heavy atom. The summed E-state index contributed by atoms with van der Waals surface area (Å²) in [5, 5.41) is 0. The van der Waals surface area contributed by atoms with Gasteiger partial charge in [0.2, 0.25) is 15.9 Å². The lowest BCUT2D eigenvalue weighted by atomic mass is 10.1. The van der Waals surface area contributed by atoms with Gasteiger partial charge < -0.3 is 0 Å². The molecule has 0 atom stereocenters. The molecule has 0 spiro atoms. The van der Waals surface area contributed by atoms with Crippen molar-refractivity contribution in [1.82, 2.24) is 15.2 Å². The fourth-order valence-corrected chi connectivity index (χ4v) is 4.74. The van der Waals surface area contributed by atoms with E-state index in [1.54, 1.807) is 0 Å². The fraction of sp³-hybridized carbons (Fsp3) is 0.300. The van der Waals surface area contributed by atoms with Gasteiger partial charge in [0.25, 0.3) is 5.91 Å². The van der Waals surface area contributed by atoms with Crippen molar-refractivity contribution < 1.29 is 18.0 Å². The Kier molecular flexibility index (Phi) is 6.61. The van der Waals surface area contributed by atoms with Gasteiger partial charge in [0.15, 0.2) is 0 Å². The van der Waals surface area contributed by atoms with Gasteiger partial charge in [-0.3, -0.25) is 20.4 Å². The summed E-state index contributed by atoms with van der Waals surface area (Å²) in [4.78, 5) is 25.3. The molecule has 0 heterocycles. The first-order valence-corrected chi connectivity index (χ1v) is 11.6. The third kappa shape index (κ3) is 5.17. The van der Waals surface area contributed by atoms with Crippen LogP contribution in [-0.4, -0.2) is 44.4 Å². The van der Waals surface area contributed by atoms with Crippen molar-refractivity contribution in [3.8, 4) is 0 Å². The van der Waals surface area contributed by atoms with Gasteiger partial charge in [0.05, 0.1) is 10.6 Å². The molecule has 0 aliphatic heterocycles. The van der Waals surface area contributed by atoms with E-state index in [2.05, 4.69) is 23.0 Å². The summed E-state index contributed by atoms with van der Waals surface area (Å²) >= 11 is 1.40. The molecule has 0 unspecified atom stereocenters. The van der Waals surface area contributed by atoms with Crippen LogP contribution >= 0.6 is 11.8 Å². The number of sulfonamides is 1. The van der Waals surface area contributed by atoms with Gasteiger partial charge in [0, 0.05) is 24.6 Å². The molecule has 0 saturated carbocycles. The molecule has 7 nitrogen and oxygen atoms in total. The number of hydrogen-bond acceptors (Lipinski definition) is 5.